The normalized spacial score (nSPS) is 17.1. The molecule has 0 aromatic heterocycles. The van der Waals surface area contributed by atoms with Gasteiger partial charge in [0.1, 0.15) is 0 Å². The van der Waals surface area contributed by atoms with Gasteiger partial charge in [0.2, 0.25) is 0 Å². The first-order valence-electron chi connectivity index (χ1n) is 11.2. The second-order valence-corrected chi connectivity index (χ2v) is 8.12. The van der Waals surface area contributed by atoms with Crippen LogP contribution < -0.4 is 16.0 Å². The average Bonchev–Trinajstić information content (AvgIpc) is 2.81. The van der Waals surface area contributed by atoms with E-state index in [1.807, 2.05) is 24.3 Å². The monoisotopic (exact) mass is 437 g/mol. The molecule has 1 heterocycles. The highest BCUT2D eigenvalue weighted by atomic mass is 16.5. The van der Waals surface area contributed by atoms with Crippen LogP contribution in [0.2, 0.25) is 0 Å². The highest BCUT2D eigenvalue weighted by molar-refractivity contribution is 5.94. The molecule has 0 spiro atoms. The molecule has 7 nitrogen and oxygen atoms in total. The lowest BCUT2D eigenvalue weighted by Crippen LogP contribution is -2.40. The minimum Gasteiger partial charge on any atom is -0.376 e. The Labute approximate surface area is 191 Å². The molecule has 3 rings (SSSR count). The maximum Gasteiger partial charge on any atom is 0.251 e. The van der Waals surface area contributed by atoms with E-state index in [0.29, 0.717) is 18.2 Å². The SMILES string of the molecule is CN=C(NCCc1cccc(C(=O)NC)c1)NCc1cccc(CN2CCOC(C)C2)c1. The highest BCUT2D eigenvalue weighted by Gasteiger charge is 2.16. The lowest BCUT2D eigenvalue weighted by molar-refractivity contribution is -0.0212. The fraction of sp³-hybridized carbons (Fsp3) is 0.440. The van der Waals surface area contributed by atoms with E-state index in [9.17, 15) is 4.79 Å². The summed E-state index contributed by atoms with van der Waals surface area (Å²) < 4.78 is 5.64. The molecule has 1 fully saturated rings. The molecule has 1 atom stereocenters. The molecule has 2 aromatic carbocycles. The number of hydrogen-bond acceptors (Lipinski definition) is 4. The third-order valence-electron chi connectivity index (χ3n) is 5.53. The number of ether oxygens (including phenoxy) is 1. The molecule has 1 amide bonds. The zero-order valence-electron chi connectivity index (χ0n) is 19.4. The quantitative estimate of drug-likeness (QED) is 0.436. The van der Waals surface area contributed by atoms with Gasteiger partial charge in [0.05, 0.1) is 12.7 Å². The number of nitrogens with zero attached hydrogens (tertiary/aromatic N) is 2. The molecule has 0 aliphatic carbocycles. The van der Waals surface area contributed by atoms with E-state index < -0.39 is 0 Å². The Morgan fingerprint density at radius 3 is 2.69 bits per heavy atom. The summed E-state index contributed by atoms with van der Waals surface area (Å²) in [5.41, 5.74) is 4.33. The van der Waals surface area contributed by atoms with E-state index in [-0.39, 0.29) is 5.91 Å². The van der Waals surface area contributed by atoms with Crippen molar-refractivity contribution in [2.75, 3.05) is 40.3 Å². The van der Waals surface area contributed by atoms with Gasteiger partial charge in [0.15, 0.2) is 5.96 Å². The van der Waals surface area contributed by atoms with Crippen molar-refractivity contribution in [2.24, 2.45) is 4.99 Å². The number of aliphatic imine (C=N–C) groups is 1. The van der Waals surface area contributed by atoms with E-state index in [1.54, 1.807) is 14.1 Å². The van der Waals surface area contributed by atoms with Gasteiger partial charge in [0.25, 0.3) is 5.91 Å². The van der Waals surface area contributed by atoms with Crippen LogP contribution >= 0.6 is 0 Å². The summed E-state index contributed by atoms with van der Waals surface area (Å²) in [6, 6.07) is 16.4. The van der Waals surface area contributed by atoms with Crippen molar-refractivity contribution in [3.63, 3.8) is 0 Å². The first kappa shape index (κ1) is 23.8. The second-order valence-electron chi connectivity index (χ2n) is 8.12. The Hall–Kier alpha value is -2.90. The number of nitrogens with one attached hydrogen (secondary N) is 3. The zero-order valence-corrected chi connectivity index (χ0v) is 19.4. The summed E-state index contributed by atoms with van der Waals surface area (Å²) >= 11 is 0. The summed E-state index contributed by atoms with van der Waals surface area (Å²) in [7, 11) is 3.42. The van der Waals surface area contributed by atoms with Crippen molar-refractivity contribution >= 4 is 11.9 Å². The van der Waals surface area contributed by atoms with Crippen molar-refractivity contribution in [1.82, 2.24) is 20.9 Å². The van der Waals surface area contributed by atoms with E-state index in [1.165, 1.54) is 11.1 Å². The first-order valence-corrected chi connectivity index (χ1v) is 11.2. The van der Waals surface area contributed by atoms with Crippen molar-refractivity contribution in [3.8, 4) is 0 Å². The summed E-state index contributed by atoms with van der Waals surface area (Å²) in [4.78, 5) is 18.6. The third kappa shape index (κ3) is 7.35. The Balaban J connectivity index is 1.46. The van der Waals surface area contributed by atoms with Crippen LogP contribution in [0.1, 0.15) is 34.0 Å². The van der Waals surface area contributed by atoms with Gasteiger partial charge in [-0.05, 0) is 42.2 Å². The summed E-state index contributed by atoms with van der Waals surface area (Å²) in [5.74, 6) is 0.697. The second kappa shape index (κ2) is 12.2. The van der Waals surface area contributed by atoms with Gasteiger partial charge in [-0.3, -0.25) is 14.7 Å². The molecule has 2 aromatic rings. The van der Waals surface area contributed by atoms with Crippen LogP contribution in [-0.4, -0.2) is 63.2 Å². The van der Waals surface area contributed by atoms with Crippen LogP contribution in [-0.2, 0) is 24.2 Å². The predicted molar refractivity (Wildman–Crippen MR) is 129 cm³/mol. The van der Waals surface area contributed by atoms with E-state index in [2.05, 4.69) is 57.0 Å². The number of benzene rings is 2. The van der Waals surface area contributed by atoms with Gasteiger partial charge in [-0.15, -0.1) is 0 Å². The fourth-order valence-corrected chi connectivity index (χ4v) is 3.87. The van der Waals surface area contributed by atoms with E-state index in [4.69, 9.17) is 4.74 Å². The summed E-state index contributed by atoms with van der Waals surface area (Å²) in [5, 5.41) is 9.40. The van der Waals surface area contributed by atoms with E-state index in [0.717, 1.165) is 50.7 Å². The molecule has 1 saturated heterocycles. The zero-order chi connectivity index (χ0) is 22.8. The molecule has 0 radical (unpaired) electrons. The Bertz CT molecular complexity index is 915. The molecular weight excluding hydrogens is 402 g/mol. The number of morpholine rings is 1. The topological polar surface area (TPSA) is 78.0 Å². The maximum atomic E-state index is 11.8. The number of guanidine groups is 1. The largest absolute Gasteiger partial charge is 0.376 e. The molecule has 1 aliphatic heterocycles. The third-order valence-corrected chi connectivity index (χ3v) is 5.53. The molecule has 0 saturated carbocycles. The lowest BCUT2D eigenvalue weighted by Gasteiger charge is -2.31. The Morgan fingerprint density at radius 1 is 1.12 bits per heavy atom. The number of rotatable bonds is 8. The molecule has 3 N–H and O–H groups in total. The summed E-state index contributed by atoms with van der Waals surface area (Å²) in [6.07, 6.45) is 1.10. The average molecular weight is 438 g/mol. The van der Waals surface area contributed by atoms with Crippen LogP contribution in [0.25, 0.3) is 0 Å². The Morgan fingerprint density at radius 2 is 1.91 bits per heavy atom. The van der Waals surface area contributed by atoms with Crippen molar-refractivity contribution in [2.45, 2.75) is 32.5 Å². The highest BCUT2D eigenvalue weighted by Crippen LogP contribution is 2.12. The standard InChI is InChI=1S/C25H35N5O2/c1-19-17-30(12-13-32-19)18-22-8-4-7-21(14-22)16-29-25(27-3)28-11-10-20-6-5-9-23(15-20)24(31)26-2/h4-9,14-15,19H,10-13,16-18H2,1-3H3,(H,26,31)(H2,27,28,29). The molecule has 0 bridgehead atoms. The van der Waals surface area contributed by atoms with Crippen molar-refractivity contribution in [1.29, 1.82) is 0 Å². The number of amides is 1. The smallest absolute Gasteiger partial charge is 0.251 e. The van der Waals surface area contributed by atoms with Crippen LogP contribution in [0.5, 0.6) is 0 Å². The van der Waals surface area contributed by atoms with Gasteiger partial charge in [-0.2, -0.15) is 0 Å². The van der Waals surface area contributed by atoms with Crippen LogP contribution in [0.4, 0.5) is 0 Å². The minimum absolute atomic E-state index is 0.0670. The number of carbonyl (C=O) groups excluding carboxylic acids is 1. The number of hydrogen-bond donors (Lipinski definition) is 3. The van der Waals surface area contributed by atoms with Crippen LogP contribution in [0.15, 0.2) is 53.5 Å². The van der Waals surface area contributed by atoms with E-state index >= 15 is 0 Å². The summed E-state index contributed by atoms with van der Waals surface area (Å²) in [6.45, 7) is 7.28. The van der Waals surface area contributed by atoms with Crippen LogP contribution in [0, 0.1) is 0 Å². The molecule has 1 unspecified atom stereocenters. The van der Waals surface area contributed by atoms with Gasteiger partial charge >= 0.3 is 0 Å². The minimum atomic E-state index is -0.0670. The van der Waals surface area contributed by atoms with Gasteiger partial charge in [-0.25, -0.2) is 0 Å². The fourth-order valence-electron chi connectivity index (χ4n) is 3.87. The Kier molecular flexibility index (Phi) is 9.07. The van der Waals surface area contributed by atoms with Gasteiger partial charge in [-0.1, -0.05) is 36.4 Å². The molecule has 172 valence electrons. The van der Waals surface area contributed by atoms with Crippen molar-refractivity contribution < 1.29 is 9.53 Å². The van der Waals surface area contributed by atoms with Gasteiger partial charge in [0, 0.05) is 52.4 Å². The molecule has 7 heteroatoms. The van der Waals surface area contributed by atoms with Gasteiger partial charge < -0.3 is 20.7 Å². The first-order chi connectivity index (χ1) is 15.6. The van der Waals surface area contributed by atoms with Crippen LogP contribution in [0.3, 0.4) is 0 Å². The lowest BCUT2D eigenvalue weighted by atomic mass is 10.1. The molecule has 32 heavy (non-hydrogen) atoms. The number of carbonyl (C=O) groups is 1. The molecule has 1 aliphatic rings. The predicted octanol–water partition coefficient (Wildman–Crippen LogP) is 2.17. The van der Waals surface area contributed by atoms with Crippen molar-refractivity contribution in [3.05, 3.63) is 70.8 Å². The maximum absolute atomic E-state index is 11.8. The molecular formula is C25H35N5O2.